The molecule has 2 rings (SSSR count). The summed E-state index contributed by atoms with van der Waals surface area (Å²) in [5.41, 5.74) is 1.11. The second kappa shape index (κ2) is 6.40. The fourth-order valence-corrected chi connectivity index (χ4v) is 2.73. The van der Waals surface area contributed by atoms with E-state index in [4.69, 9.17) is 11.6 Å². The molecule has 1 aliphatic heterocycles. The zero-order valence-electron chi connectivity index (χ0n) is 11.5. The van der Waals surface area contributed by atoms with Crippen molar-refractivity contribution in [2.75, 3.05) is 13.1 Å². The molecule has 1 aromatic rings. The van der Waals surface area contributed by atoms with E-state index in [1.807, 2.05) is 36.1 Å². The third-order valence-corrected chi connectivity index (χ3v) is 3.87. The highest BCUT2D eigenvalue weighted by Gasteiger charge is 2.24. The average molecular weight is 281 g/mol. The molecular formula is C15H21ClN2O. The van der Waals surface area contributed by atoms with Gasteiger partial charge in [-0.2, -0.15) is 0 Å². The number of rotatable bonds is 4. The molecule has 4 heteroatoms. The monoisotopic (exact) mass is 280 g/mol. The Morgan fingerprint density at radius 3 is 2.63 bits per heavy atom. The number of likely N-dealkylation sites (tertiary alicyclic amines) is 1. The van der Waals surface area contributed by atoms with E-state index in [9.17, 15) is 4.79 Å². The molecule has 1 saturated heterocycles. The molecule has 1 aromatic carbocycles. The van der Waals surface area contributed by atoms with E-state index in [0.717, 1.165) is 36.5 Å². The van der Waals surface area contributed by atoms with Crippen molar-refractivity contribution in [3.8, 4) is 0 Å². The predicted octanol–water partition coefficient (Wildman–Crippen LogP) is 3.00. The van der Waals surface area contributed by atoms with Gasteiger partial charge in [0.2, 0.25) is 5.91 Å². The Labute approximate surface area is 119 Å². The van der Waals surface area contributed by atoms with Gasteiger partial charge in [0.05, 0.1) is 6.04 Å². The predicted molar refractivity (Wildman–Crippen MR) is 78.3 cm³/mol. The van der Waals surface area contributed by atoms with E-state index < -0.39 is 0 Å². The SMILES string of the molecule is C[C@H](N[C@H](C)C(=O)N1CCCC1)c1cccc(Cl)c1. The van der Waals surface area contributed by atoms with E-state index in [1.165, 1.54) is 0 Å². The largest absolute Gasteiger partial charge is 0.341 e. The first-order chi connectivity index (χ1) is 9.08. The van der Waals surface area contributed by atoms with E-state index in [-0.39, 0.29) is 18.0 Å². The van der Waals surface area contributed by atoms with Gasteiger partial charge >= 0.3 is 0 Å². The topological polar surface area (TPSA) is 32.3 Å². The second-order valence-electron chi connectivity index (χ2n) is 5.20. The van der Waals surface area contributed by atoms with Crippen LogP contribution >= 0.6 is 11.6 Å². The number of hydrogen-bond donors (Lipinski definition) is 1. The second-order valence-corrected chi connectivity index (χ2v) is 5.63. The molecule has 0 bridgehead atoms. The van der Waals surface area contributed by atoms with Crippen molar-refractivity contribution in [1.29, 1.82) is 0 Å². The molecule has 0 aromatic heterocycles. The number of hydrogen-bond acceptors (Lipinski definition) is 2. The minimum absolute atomic E-state index is 0.111. The smallest absolute Gasteiger partial charge is 0.239 e. The van der Waals surface area contributed by atoms with Crippen LogP contribution < -0.4 is 5.32 Å². The van der Waals surface area contributed by atoms with Crippen molar-refractivity contribution in [2.24, 2.45) is 0 Å². The molecule has 19 heavy (non-hydrogen) atoms. The summed E-state index contributed by atoms with van der Waals surface area (Å²) in [5.74, 6) is 0.200. The van der Waals surface area contributed by atoms with Gasteiger partial charge in [-0.25, -0.2) is 0 Å². The molecule has 1 heterocycles. The molecule has 104 valence electrons. The van der Waals surface area contributed by atoms with Crippen LogP contribution in [0.3, 0.4) is 0 Å². The molecule has 0 spiro atoms. The van der Waals surface area contributed by atoms with Gasteiger partial charge in [0.25, 0.3) is 0 Å². The molecule has 0 radical (unpaired) electrons. The van der Waals surface area contributed by atoms with Crippen LogP contribution in [0.4, 0.5) is 0 Å². The van der Waals surface area contributed by atoms with Crippen molar-refractivity contribution >= 4 is 17.5 Å². The van der Waals surface area contributed by atoms with Gasteiger partial charge in [-0.1, -0.05) is 23.7 Å². The third-order valence-electron chi connectivity index (χ3n) is 3.64. The maximum Gasteiger partial charge on any atom is 0.239 e. The molecule has 2 atom stereocenters. The summed E-state index contributed by atoms with van der Waals surface area (Å²) in [5, 5.41) is 4.08. The number of nitrogens with one attached hydrogen (secondary N) is 1. The molecule has 1 aliphatic rings. The highest BCUT2D eigenvalue weighted by Crippen LogP contribution is 2.18. The maximum atomic E-state index is 12.2. The molecular weight excluding hydrogens is 260 g/mol. The Hall–Kier alpha value is -1.06. The third kappa shape index (κ3) is 3.71. The lowest BCUT2D eigenvalue weighted by Gasteiger charge is -2.24. The highest BCUT2D eigenvalue weighted by molar-refractivity contribution is 6.30. The van der Waals surface area contributed by atoms with Crippen LogP contribution in [0, 0.1) is 0 Å². The van der Waals surface area contributed by atoms with Gasteiger partial charge in [-0.3, -0.25) is 10.1 Å². The van der Waals surface area contributed by atoms with E-state index in [1.54, 1.807) is 0 Å². The molecule has 0 aliphatic carbocycles. The van der Waals surface area contributed by atoms with Crippen LogP contribution in [0.15, 0.2) is 24.3 Å². The molecule has 3 nitrogen and oxygen atoms in total. The van der Waals surface area contributed by atoms with Gasteiger partial charge in [0.1, 0.15) is 0 Å². The minimum atomic E-state index is -0.160. The van der Waals surface area contributed by atoms with Crippen molar-refractivity contribution in [3.05, 3.63) is 34.9 Å². The molecule has 1 N–H and O–H groups in total. The van der Waals surface area contributed by atoms with E-state index in [2.05, 4.69) is 12.2 Å². The van der Waals surface area contributed by atoms with Gasteiger partial charge in [0, 0.05) is 24.2 Å². The van der Waals surface area contributed by atoms with Crippen LogP contribution in [-0.4, -0.2) is 29.9 Å². The number of halogens is 1. The Morgan fingerprint density at radius 2 is 2.00 bits per heavy atom. The Balaban J connectivity index is 1.94. The highest BCUT2D eigenvalue weighted by atomic mass is 35.5. The van der Waals surface area contributed by atoms with Crippen molar-refractivity contribution in [2.45, 2.75) is 38.8 Å². The van der Waals surface area contributed by atoms with Crippen LogP contribution in [-0.2, 0) is 4.79 Å². The molecule has 0 unspecified atom stereocenters. The zero-order valence-corrected chi connectivity index (χ0v) is 12.3. The van der Waals surface area contributed by atoms with Crippen LogP contribution in [0.2, 0.25) is 5.02 Å². The first kappa shape index (κ1) is 14.4. The fourth-order valence-electron chi connectivity index (χ4n) is 2.53. The summed E-state index contributed by atoms with van der Waals surface area (Å²) in [6.45, 7) is 5.79. The van der Waals surface area contributed by atoms with Gasteiger partial charge in [0.15, 0.2) is 0 Å². The summed E-state index contributed by atoms with van der Waals surface area (Å²) in [7, 11) is 0. The number of benzene rings is 1. The normalized spacial score (nSPS) is 18.4. The first-order valence-electron chi connectivity index (χ1n) is 6.88. The van der Waals surface area contributed by atoms with Gasteiger partial charge in [-0.05, 0) is 44.4 Å². The van der Waals surface area contributed by atoms with Crippen molar-refractivity contribution in [1.82, 2.24) is 10.2 Å². The summed E-state index contributed by atoms with van der Waals surface area (Å²) in [6, 6.07) is 7.70. The number of carbonyl (C=O) groups excluding carboxylic acids is 1. The average Bonchev–Trinajstić information content (AvgIpc) is 2.91. The fraction of sp³-hybridized carbons (Fsp3) is 0.533. The Kier molecular flexibility index (Phi) is 4.83. The Morgan fingerprint density at radius 1 is 1.32 bits per heavy atom. The van der Waals surface area contributed by atoms with Crippen LogP contribution in [0.5, 0.6) is 0 Å². The molecule has 0 saturated carbocycles. The lowest BCUT2D eigenvalue weighted by Crippen LogP contribution is -2.44. The van der Waals surface area contributed by atoms with Crippen LogP contribution in [0.25, 0.3) is 0 Å². The molecule has 1 amide bonds. The maximum absolute atomic E-state index is 12.2. The van der Waals surface area contributed by atoms with Crippen LogP contribution in [0.1, 0.15) is 38.3 Å². The van der Waals surface area contributed by atoms with E-state index in [0.29, 0.717) is 0 Å². The minimum Gasteiger partial charge on any atom is -0.341 e. The standard InChI is InChI=1S/C15H21ClN2O/c1-11(13-6-5-7-14(16)10-13)17-12(2)15(19)18-8-3-4-9-18/h5-7,10-12,17H,3-4,8-9H2,1-2H3/t11-,12+/m0/s1. The Bertz CT molecular complexity index is 444. The summed E-state index contributed by atoms with van der Waals surface area (Å²) in [6.07, 6.45) is 2.25. The summed E-state index contributed by atoms with van der Waals surface area (Å²) >= 11 is 5.99. The van der Waals surface area contributed by atoms with E-state index >= 15 is 0 Å². The lowest BCUT2D eigenvalue weighted by atomic mass is 10.1. The quantitative estimate of drug-likeness (QED) is 0.920. The molecule has 1 fully saturated rings. The number of carbonyl (C=O) groups is 1. The zero-order chi connectivity index (χ0) is 13.8. The summed E-state index contributed by atoms with van der Waals surface area (Å²) < 4.78 is 0. The van der Waals surface area contributed by atoms with Crippen molar-refractivity contribution in [3.63, 3.8) is 0 Å². The first-order valence-corrected chi connectivity index (χ1v) is 7.26. The number of nitrogens with zero attached hydrogens (tertiary/aromatic N) is 1. The number of amides is 1. The van der Waals surface area contributed by atoms with Crippen molar-refractivity contribution < 1.29 is 4.79 Å². The van der Waals surface area contributed by atoms with Gasteiger partial charge in [-0.15, -0.1) is 0 Å². The van der Waals surface area contributed by atoms with Gasteiger partial charge < -0.3 is 4.90 Å². The lowest BCUT2D eigenvalue weighted by molar-refractivity contribution is -0.132. The summed E-state index contributed by atoms with van der Waals surface area (Å²) in [4.78, 5) is 14.2.